The van der Waals surface area contributed by atoms with E-state index in [0.717, 1.165) is 18.5 Å². The lowest BCUT2D eigenvalue weighted by molar-refractivity contribution is -0.114. The van der Waals surface area contributed by atoms with Crippen LogP contribution in [0.15, 0.2) is 0 Å². The molecule has 0 aliphatic heterocycles. The number of H-pyrrole nitrogens is 1. The van der Waals surface area contributed by atoms with E-state index in [1.165, 1.54) is 12.6 Å². The number of amides is 1. The molecular formula is C10H15N3O. The first-order valence-corrected chi connectivity index (χ1v) is 4.86. The van der Waals surface area contributed by atoms with Gasteiger partial charge in [-0.2, -0.15) is 0 Å². The zero-order valence-corrected chi connectivity index (χ0v) is 8.77. The molecule has 2 N–H and O–H groups in total. The molecule has 1 aromatic heterocycles. The first kappa shape index (κ1) is 9.24. The Morgan fingerprint density at radius 1 is 1.57 bits per heavy atom. The average molecular weight is 193 g/mol. The Labute approximate surface area is 83.1 Å². The third kappa shape index (κ3) is 1.41. The standard InChI is InChI=1S/C10H15N3O/c1-6(14)11-9-12-7-4-5-10(2,3)8(7)13-9/h4-5H2,1-3H3,(H2,11,12,13,14). The van der Waals surface area contributed by atoms with Crippen LogP contribution >= 0.6 is 0 Å². The van der Waals surface area contributed by atoms with E-state index in [1.54, 1.807) is 0 Å². The predicted molar refractivity (Wildman–Crippen MR) is 54.2 cm³/mol. The van der Waals surface area contributed by atoms with Crippen LogP contribution in [0.3, 0.4) is 0 Å². The molecular weight excluding hydrogens is 178 g/mol. The van der Waals surface area contributed by atoms with Gasteiger partial charge in [0.2, 0.25) is 11.9 Å². The number of fused-ring (bicyclic) bond motifs is 1. The Hall–Kier alpha value is -1.32. The summed E-state index contributed by atoms with van der Waals surface area (Å²) in [5.41, 5.74) is 2.41. The van der Waals surface area contributed by atoms with Crippen LogP contribution in [0.2, 0.25) is 0 Å². The summed E-state index contributed by atoms with van der Waals surface area (Å²) >= 11 is 0. The van der Waals surface area contributed by atoms with Crippen molar-refractivity contribution in [1.29, 1.82) is 0 Å². The molecule has 0 atom stereocenters. The maximum absolute atomic E-state index is 10.8. The smallest absolute Gasteiger partial charge is 0.223 e. The lowest BCUT2D eigenvalue weighted by Gasteiger charge is -2.15. The van der Waals surface area contributed by atoms with Crippen molar-refractivity contribution in [3.8, 4) is 0 Å². The molecule has 0 unspecified atom stereocenters. The lowest BCUT2D eigenvalue weighted by Crippen LogP contribution is -2.14. The van der Waals surface area contributed by atoms with Gasteiger partial charge in [0.25, 0.3) is 0 Å². The van der Waals surface area contributed by atoms with Crippen LogP contribution in [-0.4, -0.2) is 15.9 Å². The molecule has 1 aromatic rings. The van der Waals surface area contributed by atoms with Gasteiger partial charge >= 0.3 is 0 Å². The van der Waals surface area contributed by atoms with Crippen LogP contribution in [0.4, 0.5) is 5.95 Å². The molecule has 4 nitrogen and oxygen atoms in total. The number of imidazole rings is 1. The normalized spacial score (nSPS) is 17.9. The number of nitrogens with one attached hydrogen (secondary N) is 2. The molecule has 1 aliphatic rings. The Morgan fingerprint density at radius 2 is 2.29 bits per heavy atom. The van der Waals surface area contributed by atoms with Crippen LogP contribution in [0.25, 0.3) is 0 Å². The SMILES string of the molecule is CC(=O)Nc1nc2c([nH]1)CCC2(C)C. The van der Waals surface area contributed by atoms with E-state index in [9.17, 15) is 4.79 Å². The highest BCUT2D eigenvalue weighted by Gasteiger charge is 2.33. The third-order valence-corrected chi connectivity index (χ3v) is 2.71. The second-order valence-corrected chi connectivity index (χ2v) is 4.48. The van der Waals surface area contributed by atoms with Crippen molar-refractivity contribution in [3.05, 3.63) is 11.4 Å². The number of rotatable bonds is 1. The Morgan fingerprint density at radius 3 is 2.86 bits per heavy atom. The number of nitrogens with zero attached hydrogens (tertiary/aromatic N) is 1. The predicted octanol–water partition coefficient (Wildman–Crippen LogP) is 1.59. The Kier molecular flexibility index (Phi) is 1.87. The van der Waals surface area contributed by atoms with Gasteiger partial charge in [0, 0.05) is 18.0 Å². The summed E-state index contributed by atoms with van der Waals surface area (Å²) in [6, 6.07) is 0. The Balaban J connectivity index is 2.30. The molecule has 0 saturated heterocycles. The van der Waals surface area contributed by atoms with E-state index in [4.69, 9.17) is 0 Å². The number of anilines is 1. The van der Waals surface area contributed by atoms with Crippen molar-refractivity contribution in [2.75, 3.05) is 5.32 Å². The molecule has 2 rings (SSSR count). The van der Waals surface area contributed by atoms with Gasteiger partial charge in [0.15, 0.2) is 0 Å². The zero-order chi connectivity index (χ0) is 10.3. The Bertz CT molecular complexity index is 379. The molecule has 14 heavy (non-hydrogen) atoms. The quantitative estimate of drug-likeness (QED) is 0.711. The molecule has 4 heteroatoms. The highest BCUT2D eigenvalue weighted by molar-refractivity contribution is 5.86. The fourth-order valence-corrected chi connectivity index (χ4v) is 1.93. The molecule has 0 saturated carbocycles. The fraction of sp³-hybridized carbons (Fsp3) is 0.600. The number of hydrogen-bond donors (Lipinski definition) is 2. The summed E-state index contributed by atoms with van der Waals surface area (Å²) in [4.78, 5) is 18.4. The minimum Gasteiger partial charge on any atom is -0.328 e. The first-order valence-electron chi connectivity index (χ1n) is 4.86. The summed E-state index contributed by atoms with van der Waals surface area (Å²) in [5.74, 6) is 0.491. The van der Waals surface area contributed by atoms with Crippen LogP contribution in [0, 0.1) is 0 Å². The van der Waals surface area contributed by atoms with Crippen LogP contribution in [-0.2, 0) is 16.6 Å². The maximum atomic E-state index is 10.8. The van der Waals surface area contributed by atoms with Gasteiger partial charge in [-0.15, -0.1) is 0 Å². The molecule has 0 fully saturated rings. The van der Waals surface area contributed by atoms with E-state index >= 15 is 0 Å². The second kappa shape index (κ2) is 2.83. The van der Waals surface area contributed by atoms with E-state index in [1.807, 2.05) is 0 Å². The van der Waals surface area contributed by atoms with E-state index < -0.39 is 0 Å². The monoisotopic (exact) mass is 193 g/mol. The van der Waals surface area contributed by atoms with Crippen molar-refractivity contribution in [2.24, 2.45) is 0 Å². The summed E-state index contributed by atoms with van der Waals surface area (Å²) in [6.45, 7) is 5.84. The average Bonchev–Trinajstić information content (AvgIpc) is 2.53. The summed E-state index contributed by atoms with van der Waals surface area (Å²) < 4.78 is 0. The highest BCUT2D eigenvalue weighted by atomic mass is 16.1. The number of carbonyl (C=O) groups excluding carboxylic acids is 1. The van der Waals surface area contributed by atoms with Gasteiger partial charge in [-0.05, 0) is 12.8 Å². The largest absolute Gasteiger partial charge is 0.328 e. The molecule has 76 valence electrons. The minimum absolute atomic E-state index is 0.0878. The molecule has 1 aliphatic carbocycles. The zero-order valence-electron chi connectivity index (χ0n) is 8.77. The van der Waals surface area contributed by atoms with Gasteiger partial charge < -0.3 is 4.98 Å². The van der Waals surface area contributed by atoms with Crippen molar-refractivity contribution in [3.63, 3.8) is 0 Å². The fourth-order valence-electron chi connectivity index (χ4n) is 1.93. The maximum Gasteiger partial charge on any atom is 0.223 e. The van der Waals surface area contributed by atoms with Gasteiger partial charge in [-0.3, -0.25) is 10.1 Å². The third-order valence-electron chi connectivity index (χ3n) is 2.71. The number of aryl methyl sites for hydroxylation is 1. The number of aromatic nitrogens is 2. The molecule has 1 amide bonds. The van der Waals surface area contributed by atoms with Crippen LogP contribution < -0.4 is 5.32 Å². The van der Waals surface area contributed by atoms with E-state index in [2.05, 4.69) is 29.1 Å². The minimum atomic E-state index is -0.0878. The second-order valence-electron chi connectivity index (χ2n) is 4.48. The highest BCUT2D eigenvalue weighted by Crippen LogP contribution is 2.37. The summed E-state index contributed by atoms with van der Waals surface area (Å²) in [5, 5.41) is 2.67. The molecule has 0 spiro atoms. The lowest BCUT2D eigenvalue weighted by atomic mass is 9.91. The van der Waals surface area contributed by atoms with Gasteiger partial charge in [0.1, 0.15) is 0 Å². The number of aromatic amines is 1. The molecule has 0 aromatic carbocycles. The van der Waals surface area contributed by atoms with Crippen molar-refractivity contribution in [1.82, 2.24) is 9.97 Å². The first-order chi connectivity index (χ1) is 6.49. The molecule has 1 heterocycles. The van der Waals surface area contributed by atoms with Crippen LogP contribution in [0.5, 0.6) is 0 Å². The van der Waals surface area contributed by atoms with Crippen molar-refractivity contribution >= 4 is 11.9 Å². The van der Waals surface area contributed by atoms with Gasteiger partial charge in [0.05, 0.1) is 5.69 Å². The van der Waals surface area contributed by atoms with Crippen LogP contribution in [0.1, 0.15) is 38.6 Å². The van der Waals surface area contributed by atoms with Gasteiger partial charge in [-0.25, -0.2) is 4.98 Å². The molecule has 0 radical (unpaired) electrons. The summed E-state index contributed by atoms with van der Waals surface area (Å²) in [7, 11) is 0. The number of hydrogen-bond acceptors (Lipinski definition) is 2. The van der Waals surface area contributed by atoms with Gasteiger partial charge in [-0.1, -0.05) is 13.8 Å². The van der Waals surface area contributed by atoms with Crippen molar-refractivity contribution in [2.45, 2.75) is 39.0 Å². The number of carbonyl (C=O) groups is 1. The van der Waals surface area contributed by atoms with E-state index in [0.29, 0.717) is 5.95 Å². The summed E-state index contributed by atoms with van der Waals surface area (Å²) in [6.07, 6.45) is 2.15. The molecule has 0 bridgehead atoms. The van der Waals surface area contributed by atoms with E-state index in [-0.39, 0.29) is 11.3 Å². The van der Waals surface area contributed by atoms with Crippen molar-refractivity contribution < 1.29 is 4.79 Å². The topological polar surface area (TPSA) is 57.8 Å².